The number of amides is 1. The van der Waals surface area contributed by atoms with Gasteiger partial charge < -0.3 is 15.4 Å². The van der Waals surface area contributed by atoms with Crippen LogP contribution < -0.4 is 5.32 Å². The summed E-state index contributed by atoms with van der Waals surface area (Å²) in [6.07, 6.45) is 0.653. The summed E-state index contributed by atoms with van der Waals surface area (Å²) in [6.45, 7) is 9.87. The third-order valence-electron chi connectivity index (χ3n) is 3.62. The van der Waals surface area contributed by atoms with Crippen molar-refractivity contribution in [1.82, 2.24) is 10.3 Å². The topological polar surface area (TPSA) is 82.2 Å². The van der Waals surface area contributed by atoms with Gasteiger partial charge in [0.1, 0.15) is 5.69 Å². The second kappa shape index (κ2) is 7.41. The third-order valence-corrected chi connectivity index (χ3v) is 3.62. The van der Waals surface area contributed by atoms with E-state index in [4.69, 9.17) is 5.11 Å². The molecule has 21 heavy (non-hydrogen) atoms. The Morgan fingerprint density at radius 2 is 1.90 bits per heavy atom. The normalized spacial score (nSPS) is 12.5. The van der Waals surface area contributed by atoms with E-state index in [0.717, 1.165) is 11.3 Å². The van der Waals surface area contributed by atoms with Gasteiger partial charge in [-0.25, -0.2) is 0 Å². The largest absolute Gasteiger partial charge is 0.396 e. The Morgan fingerprint density at radius 3 is 2.38 bits per heavy atom. The number of aromatic amines is 1. The van der Waals surface area contributed by atoms with Gasteiger partial charge in [0, 0.05) is 24.4 Å². The molecule has 0 saturated heterocycles. The van der Waals surface area contributed by atoms with E-state index in [-0.39, 0.29) is 30.1 Å². The average molecular weight is 294 g/mol. The van der Waals surface area contributed by atoms with E-state index in [1.807, 2.05) is 27.7 Å². The van der Waals surface area contributed by atoms with Crippen LogP contribution in [0.15, 0.2) is 0 Å². The van der Waals surface area contributed by atoms with Gasteiger partial charge in [-0.1, -0.05) is 20.8 Å². The third kappa shape index (κ3) is 4.17. The molecule has 3 N–H and O–H groups in total. The van der Waals surface area contributed by atoms with Crippen molar-refractivity contribution in [3.63, 3.8) is 0 Å². The average Bonchev–Trinajstić information content (AvgIpc) is 2.74. The first-order valence-electron chi connectivity index (χ1n) is 7.42. The molecule has 1 unspecified atom stereocenters. The molecule has 0 aliphatic carbocycles. The number of nitrogens with one attached hydrogen (secondary N) is 2. The number of aryl methyl sites for hydroxylation is 1. The lowest BCUT2D eigenvalue weighted by molar-refractivity contribution is 0.0939. The van der Waals surface area contributed by atoms with Crippen LogP contribution in [0.1, 0.15) is 72.1 Å². The van der Waals surface area contributed by atoms with Crippen molar-refractivity contribution >= 4 is 11.7 Å². The summed E-state index contributed by atoms with van der Waals surface area (Å²) in [5.41, 5.74) is 2.62. The standard InChI is InChI=1S/C16H26N2O3/c1-9(2)13-14(12(5)20)11(4)18-15(13)16(21)17-8-10(3)6-7-19/h9-10,18-19H,6-8H2,1-5H3,(H,17,21). The van der Waals surface area contributed by atoms with Crippen LogP contribution in [0.25, 0.3) is 0 Å². The molecule has 5 heteroatoms. The molecule has 0 radical (unpaired) electrons. The summed E-state index contributed by atoms with van der Waals surface area (Å²) in [7, 11) is 0. The summed E-state index contributed by atoms with van der Waals surface area (Å²) < 4.78 is 0. The maximum absolute atomic E-state index is 12.4. The SMILES string of the molecule is CC(=O)c1c(C)[nH]c(C(=O)NCC(C)CCO)c1C(C)C. The highest BCUT2D eigenvalue weighted by Crippen LogP contribution is 2.27. The molecule has 0 aliphatic heterocycles. The number of hydrogen-bond donors (Lipinski definition) is 3. The van der Waals surface area contributed by atoms with Crippen LogP contribution >= 0.6 is 0 Å². The Bertz CT molecular complexity index is 518. The predicted molar refractivity (Wildman–Crippen MR) is 82.8 cm³/mol. The smallest absolute Gasteiger partial charge is 0.268 e. The highest BCUT2D eigenvalue weighted by atomic mass is 16.3. The number of ketones is 1. The summed E-state index contributed by atoms with van der Waals surface area (Å²) in [6, 6.07) is 0. The maximum Gasteiger partial charge on any atom is 0.268 e. The lowest BCUT2D eigenvalue weighted by Gasteiger charge is -2.13. The van der Waals surface area contributed by atoms with Crippen molar-refractivity contribution < 1.29 is 14.7 Å². The van der Waals surface area contributed by atoms with Crippen molar-refractivity contribution in [2.24, 2.45) is 5.92 Å². The van der Waals surface area contributed by atoms with Crippen LogP contribution in [-0.2, 0) is 0 Å². The fraction of sp³-hybridized carbons (Fsp3) is 0.625. The van der Waals surface area contributed by atoms with Crippen LogP contribution in [0.4, 0.5) is 0 Å². The van der Waals surface area contributed by atoms with E-state index in [0.29, 0.717) is 24.2 Å². The molecule has 1 aromatic rings. The molecule has 118 valence electrons. The van der Waals surface area contributed by atoms with E-state index in [1.165, 1.54) is 6.92 Å². The zero-order valence-electron chi connectivity index (χ0n) is 13.5. The van der Waals surface area contributed by atoms with Crippen molar-refractivity contribution in [3.05, 3.63) is 22.5 Å². The number of aliphatic hydroxyl groups is 1. The van der Waals surface area contributed by atoms with Crippen LogP contribution in [0, 0.1) is 12.8 Å². The van der Waals surface area contributed by atoms with E-state index < -0.39 is 0 Å². The number of hydrogen-bond acceptors (Lipinski definition) is 3. The number of carbonyl (C=O) groups excluding carboxylic acids is 2. The Morgan fingerprint density at radius 1 is 1.29 bits per heavy atom. The highest BCUT2D eigenvalue weighted by molar-refractivity contribution is 6.03. The summed E-state index contributed by atoms with van der Waals surface area (Å²) in [4.78, 5) is 27.2. The minimum atomic E-state index is -0.195. The molecular formula is C16H26N2O3. The molecule has 1 amide bonds. The van der Waals surface area contributed by atoms with Crippen LogP contribution in [0.5, 0.6) is 0 Å². The summed E-state index contributed by atoms with van der Waals surface area (Å²) >= 11 is 0. The second-order valence-corrected chi connectivity index (χ2v) is 5.95. The van der Waals surface area contributed by atoms with Crippen molar-refractivity contribution in [1.29, 1.82) is 0 Å². The highest BCUT2D eigenvalue weighted by Gasteiger charge is 2.24. The molecule has 0 bridgehead atoms. The van der Waals surface area contributed by atoms with Gasteiger partial charge in [-0.05, 0) is 37.7 Å². The molecular weight excluding hydrogens is 268 g/mol. The quantitative estimate of drug-likeness (QED) is 0.675. The minimum absolute atomic E-state index is 0.0276. The fourth-order valence-electron chi connectivity index (χ4n) is 2.53. The van der Waals surface area contributed by atoms with Crippen molar-refractivity contribution in [3.8, 4) is 0 Å². The second-order valence-electron chi connectivity index (χ2n) is 5.95. The maximum atomic E-state index is 12.4. The Kier molecular flexibility index (Phi) is 6.15. The van der Waals surface area contributed by atoms with Gasteiger partial charge in [0.15, 0.2) is 5.78 Å². The summed E-state index contributed by atoms with van der Waals surface area (Å²) in [5.74, 6) is 0.0773. The van der Waals surface area contributed by atoms with Crippen LogP contribution in [-0.4, -0.2) is 34.9 Å². The van der Waals surface area contributed by atoms with Gasteiger partial charge in [0.25, 0.3) is 5.91 Å². The lowest BCUT2D eigenvalue weighted by Crippen LogP contribution is -2.29. The molecule has 0 saturated carbocycles. The Balaban J connectivity index is 2.99. The minimum Gasteiger partial charge on any atom is -0.396 e. The number of aromatic nitrogens is 1. The van der Waals surface area contributed by atoms with Gasteiger partial charge in [0.05, 0.1) is 0 Å². The van der Waals surface area contributed by atoms with E-state index in [9.17, 15) is 9.59 Å². The number of aliphatic hydroxyl groups excluding tert-OH is 1. The zero-order valence-corrected chi connectivity index (χ0v) is 13.5. The Labute approximate surface area is 126 Å². The zero-order chi connectivity index (χ0) is 16.2. The first kappa shape index (κ1) is 17.4. The van der Waals surface area contributed by atoms with E-state index >= 15 is 0 Å². The molecule has 1 atom stereocenters. The van der Waals surface area contributed by atoms with Gasteiger partial charge in [-0.3, -0.25) is 9.59 Å². The van der Waals surface area contributed by atoms with Gasteiger partial charge in [-0.15, -0.1) is 0 Å². The van der Waals surface area contributed by atoms with E-state index in [2.05, 4.69) is 10.3 Å². The first-order chi connectivity index (χ1) is 9.79. The number of carbonyl (C=O) groups is 2. The molecule has 1 heterocycles. The Hall–Kier alpha value is -1.62. The van der Waals surface area contributed by atoms with Crippen molar-refractivity contribution in [2.75, 3.05) is 13.2 Å². The number of Topliss-reactive ketones (excluding diaryl/α,β-unsaturated/α-hetero) is 1. The monoisotopic (exact) mass is 294 g/mol. The fourth-order valence-corrected chi connectivity index (χ4v) is 2.53. The van der Waals surface area contributed by atoms with Gasteiger partial charge in [-0.2, -0.15) is 0 Å². The number of H-pyrrole nitrogens is 1. The molecule has 5 nitrogen and oxygen atoms in total. The van der Waals surface area contributed by atoms with Gasteiger partial charge >= 0.3 is 0 Å². The van der Waals surface area contributed by atoms with E-state index in [1.54, 1.807) is 0 Å². The summed E-state index contributed by atoms with van der Waals surface area (Å²) in [5, 5.41) is 11.7. The lowest BCUT2D eigenvalue weighted by atomic mass is 9.95. The molecule has 0 aliphatic rings. The van der Waals surface area contributed by atoms with Crippen LogP contribution in [0.3, 0.4) is 0 Å². The molecule has 0 spiro atoms. The van der Waals surface area contributed by atoms with Crippen molar-refractivity contribution in [2.45, 2.75) is 47.0 Å². The molecule has 1 rings (SSSR count). The van der Waals surface area contributed by atoms with Crippen LogP contribution in [0.2, 0.25) is 0 Å². The number of rotatable bonds is 7. The predicted octanol–water partition coefficient (Wildman–Crippen LogP) is 2.40. The molecule has 1 aromatic heterocycles. The van der Waals surface area contributed by atoms with Gasteiger partial charge in [0.2, 0.25) is 0 Å². The first-order valence-corrected chi connectivity index (χ1v) is 7.42. The molecule has 0 fully saturated rings. The molecule has 0 aromatic carbocycles.